The molecule has 0 amide bonds. The van der Waals surface area contributed by atoms with Crippen molar-refractivity contribution in [2.24, 2.45) is 0 Å². The zero-order chi connectivity index (χ0) is 9.42. The van der Waals surface area contributed by atoms with Gasteiger partial charge in [-0.25, -0.2) is 4.79 Å². The van der Waals surface area contributed by atoms with E-state index in [1.807, 2.05) is 0 Å². The number of aromatic nitrogens is 1. The van der Waals surface area contributed by atoms with E-state index in [-0.39, 0.29) is 5.76 Å². The van der Waals surface area contributed by atoms with Gasteiger partial charge in [0.15, 0.2) is 0 Å². The number of ether oxygens (including phenoxy) is 1. The van der Waals surface area contributed by atoms with Crippen LogP contribution in [0.5, 0.6) is 5.88 Å². The number of nitrogens with zero attached hydrogens (tertiary/aromatic N) is 1. The number of hydrogen-bond acceptors (Lipinski definition) is 5. The first-order valence-corrected chi connectivity index (χ1v) is 4.16. The Morgan fingerprint density at radius 2 is 2.54 bits per heavy atom. The first kappa shape index (κ1) is 8.06. The maximum Gasteiger partial charge on any atom is 0.371 e. The number of carboxylic acid groups (broad SMARTS) is 1. The lowest BCUT2D eigenvalue weighted by Crippen LogP contribution is -1.91. The lowest BCUT2D eigenvalue weighted by atomic mass is 10.4. The molecule has 0 aromatic carbocycles. The third-order valence-corrected chi connectivity index (χ3v) is 2.27. The number of carbonyl (C=O) groups is 1. The molecule has 0 aliphatic heterocycles. The molecule has 2 aromatic heterocycles. The maximum atomic E-state index is 10.5. The van der Waals surface area contributed by atoms with E-state index in [0.29, 0.717) is 16.2 Å². The van der Waals surface area contributed by atoms with Crippen molar-refractivity contribution in [1.82, 2.24) is 4.37 Å². The van der Waals surface area contributed by atoms with Crippen LogP contribution in [0.1, 0.15) is 10.6 Å². The van der Waals surface area contributed by atoms with E-state index in [1.54, 1.807) is 0 Å². The Balaban J connectivity index is 2.63. The highest BCUT2D eigenvalue weighted by atomic mass is 32.1. The van der Waals surface area contributed by atoms with Crippen molar-refractivity contribution in [3.05, 3.63) is 11.8 Å². The summed E-state index contributed by atoms with van der Waals surface area (Å²) in [6.07, 6.45) is 0. The summed E-state index contributed by atoms with van der Waals surface area (Å²) < 4.78 is 13.8. The summed E-state index contributed by atoms with van der Waals surface area (Å²) in [5.41, 5.74) is 0. The van der Waals surface area contributed by atoms with Gasteiger partial charge >= 0.3 is 5.97 Å². The average Bonchev–Trinajstić information content (AvgIpc) is 2.60. The Morgan fingerprint density at radius 3 is 3.15 bits per heavy atom. The SMILES string of the molecule is COc1nsc2oc(C(=O)O)cc12. The molecule has 6 heteroatoms. The predicted octanol–water partition coefficient (Wildman–Crippen LogP) is 1.60. The molecule has 2 heterocycles. The molecule has 13 heavy (non-hydrogen) atoms. The van der Waals surface area contributed by atoms with Crippen molar-refractivity contribution >= 4 is 27.8 Å². The molecule has 0 saturated carbocycles. The molecular formula is C7H5NO4S. The van der Waals surface area contributed by atoms with Gasteiger partial charge in [-0.1, -0.05) is 0 Å². The van der Waals surface area contributed by atoms with Crippen LogP contribution in [0.25, 0.3) is 10.3 Å². The molecule has 1 N–H and O–H groups in total. The molecule has 0 fully saturated rings. The summed E-state index contributed by atoms with van der Waals surface area (Å²) in [7, 11) is 1.47. The van der Waals surface area contributed by atoms with Gasteiger partial charge < -0.3 is 14.3 Å². The smallest absolute Gasteiger partial charge is 0.371 e. The summed E-state index contributed by atoms with van der Waals surface area (Å²) in [6, 6.07) is 1.40. The summed E-state index contributed by atoms with van der Waals surface area (Å²) in [4.78, 5) is 11.0. The molecule has 2 aromatic rings. The van der Waals surface area contributed by atoms with Crippen molar-refractivity contribution in [2.75, 3.05) is 7.11 Å². The fourth-order valence-electron chi connectivity index (χ4n) is 0.976. The van der Waals surface area contributed by atoms with Gasteiger partial charge in [-0.3, -0.25) is 0 Å². The number of fused-ring (bicyclic) bond motifs is 1. The molecule has 0 unspecified atom stereocenters. The first-order valence-electron chi connectivity index (χ1n) is 3.39. The van der Waals surface area contributed by atoms with Crippen LogP contribution in [0.15, 0.2) is 10.5 Å². The standard InChI is InChI=1S/C7H5NO4S/c1-11-5-3-2-4(6(9)10)12-7(3)13-8-5/h2H,1H3,(H,9,10). The van der Waals surface area contributed by atoms with Crippen LogP contribution in [0.4, 0.5) is 0 Å². The molecule has 2 rings (SSSR count). The summed E-state index contributed by atoms with van der Waals surface area (Å²) >= 11 is 1.07. The monoisotopic (exact) mass is 199 g/mol. The van der Waals surface area contributed by atoms with Gasteiger partial charge in [0.05, 0.1) is 12.5 Å². The maximum absolute atomic E-state index is 10.5. The molecule has 0 spiro atoms. The van der Waals surface area contributed by atoms with Gasteiger partial charge in [0.1, 0.15) is 0 Å². The Labute approximate surface area is 76.7 Å². The first-order chi connectivity index (χ1) is 6.22. The molecule has 0 saturated heterocycles. The number of carboxylic acids is 1. The lowest BCUT2D eigenvalue weighted by Gasteiger charge is -1.88. The second-order valence-corrected chi connectivity index (χ2v) is 3.04. The largest absolute Gasteiger partial charge is 0.480 e. The van der Waals surface area contributed by atoms with Crippen LogP contribution < -0.4 is 4.74 Å². The molecule has 68 valence electrons. The van der Waals surface area contributed by atoms with E-state index in [9.17, 15) is 4.79 Å². The highest BCUT2D eigenvalue weighted by molar-refractivity contribution is 7.12. The van der Waals surface area contributed by atoms with E-state index in [0.717, 1.165) is 11.5 Å². The second kappa shape index (κ2) is 2.74. The van der Waals surface area contributed by atoms with Crippen LogP contribution >= 0.6 is 11.5 Å². The number of aromatic carboxylic acids is 1. The molecule has 0 atom stereocenters. The molecule has 5 nitrogen and oxygen atoms in total. The zero-order valence-corrected chi connectivity index (χ0v) is 7.42. The predicted molar refractivity (Wildman–Crippen MR) is 45.4 cm³/mol. The molecule has 0 aliphatic rings. The van der Waals surface area contributed by atoms with Crippen molar-refractivity contribution in [2.45, 2.75) is 0 Å². The van der Waals surface area contributed by atoms with Gasteiger partial charge in [0.2, 0.25) is 16.5 Å². The summed E-state index contributed by atoms with van der Waals surface area (Å²) in [5, 5.41) is 9.22. The van der Waals surface area contributed by atoms with E-state index in [2.05, 4.69) is 4.37 Å². The number of furan rings is 1. The highest BCUT2D eigenvalue weighted by Gasteiger charge is 2.16. The minimum absolute atomic E-state index is 0.0954. The molecule has 0 aliphatic carbocycles. The molecular weight excluding hydrogens is 194 g/mol. The number of hydrogen-bond donors (Lipinski definition) is 1. The molecule has 0 radical (unpaired) electrons. The van der Waals surface area contributed by atoms with Crippen LogP contribution in [0.2, 0.25) is 0 Å². The Kier molecular flexibility index (Phi) is 1.70. The van der Waals surface area contributed by atoms with Gasteiger partial charge in [-0.05, 0) is 0 Å². The normalized spacial score (nSPS) is 10.5. The topological polar surface area (TPSA) is 72.6 Å². The van der Waals surface area contributed by atoms with Gasteiger partial charge in [0, 0.05) is 17.6 Å². The van der Waals surface area contributed by atoms with Crippen LogP contribution in [0.3, 0.4) is 0 Å². The van der Waals surface area contributed by atoms with Crippen LogP contribution in [-0.2, 0) is 0 Å². The minimum Gasteiger partial charge on any atom is -0.480 e. The number of methoxy groups -OCH3 is 1. The summed E-state index contributed by atoms with van der Waals surface area (Å²) in [6.45, 7) is 0. The fraction of sp³-hybridized carbons (Fsp3) is 0.143. The second-order valence-electron chi connectivity index (χ2n) is 2.31. The van der Waals surface area contributed by atoms with Crippen LogP contribution in [0, 0.1) is 0 Å². The van der Waals surface area contributed by atoms with Crippen LogP contribution in [-0.4, -0.2) is 22.6 Å². The third kappa shape index (κ3) is 1.15. The van der Waals surface area contributed by atoms with E-state index < -0.39 is 5.97 Å². The van der Waals surface area contributed by atoms with Gasteiger partial charge in [0.25, 0.3) is 0 Å². The van der Waals surface area contributed by atoms with Crippen molar-refractivity contribution in [1.29, 1.82) is 0 Å². The lowest BCUT2D eigenvalue weighted by molar-refractivity contribution is 0.0665. The van der Waals surface area contributed by atoms with E-state index >= 15 is 0 Å². The van der Waals surface area contributed by atoms with Crippen molar-refractivity contribution in [3.8, 4) is 5.88 Å². The average molecular weight is 199 g/mol. The van der Waals surface area contributed by atoms with E-state index in [1.165, 1.54) is 13.2 Å². The van der Waals surface area contributed by atoms with Crippen molar-refractivity contribution in [3.63, 3.8) is 0 Å². The van der Waals surface area contributed by atoms with E-state index in [4.69, 9.17) is 14.3 Å². The third-order valence-electron chi connectivity index (χ3n) is 1.54. The van der Waals surface area contributed by atoms with Gasteiger partial charge in [-0.2, -0.15) is 4.37 Å². The summed E-state index contributed by atoms with van der Waals surface area (Å²) in [5.74, 6) is -0.788. The van der Waals surface area contributed by atoms with Gasteiger partial charge in [-0.15, -0.1) is 0 Å². The number of rotatable bonds is 2. The molecule has 0 bridgehead atoms. The Morgan fingerprint density at radius 1 is 1.77 bits per heavy atom. The van der Waals surface area contributed by atoms with Crippen molar-refractivity contribution < 1.29 is 19.1 Å². The fourth-order valence-corrected chi connectivity index (χ4v) is 1.69. The quantitative estimate of drug-likeness (QED) is 0.795. The minimum atomic E-state index is -1.09. The Bertz CT molecular complexity index is 458. The highest BCUT2D eigenvalue weighted by Crippen LogP contribution is 2.31. The zero-order valence-electron chi connectivity index (χ0n) is 6.60. The Hall–Kier alpha value is -1.56.